The van der Waals surface area contributed by atoms with Gasteiger partial charge in [0.15, 0.2) is 5.69 Å². The van der Waals surface area contributed by atoms with Gasteiger partial charge in [0.2, 0.25) is 0 Å². The lowest BCUT2D eigenvalue weighted by Gasteiger charge is -2.05. The van der Waals surface area contributed by atoms with Crippen molar-refractivity contribution in [3.63, 3.8) is 0 Å². The van der Waals surface area contributed by atoms with Crippen LogP contribution in [0.25, 0.3) is 10.9 Å². The van der Waals surface area contributed by atoms with Gasteiger partial charge in [0.25, 0.3) is 0 Å². The minimum absolute atomic E-state index is 0.323. The predicted molar refractivity (Wildman–Crippen MR) is 67.0 cm³/mol. The van der Waals surface area contributed by atoms with Gasteiger partial charge in [-0.2, -0.15) is 0 Å². The highest BCUT2D eigenvalue weighted by Crippen LogP contribution is 2.17. The second-order valence-electron chi connectivity index (χ2n) is 3.16. The number of aromatic nitrogens is 2. The summed E-state index contributed by atoms with van der Waals surface area (Å²) in [6.07, 6.45) is 3.32. The molecule has 0 aromatic carbocycles. The topological polar surface area (TPSA) is 52.1 Å². The standard InChI is InChI=1S/C11H10N2O2.C2H6/c1-7-9-8(4-3-5-12-9)6-13-10(7)11(14)15-2;1-2/h3-6H,1-2H3;1-2H3. The molecule has 0 spiro atoms. The summed E-state index contributed by atoms with van der Waals surface area (Å²) in [7, 11) is 1.34. The zero-order valence-electron chi connectivity index (χ0n) is 10.5. The minimum atomic E-state index is -0.431. The first-order valence-corrected chi connectivity index (χ1v) is 5.52. The fourth-order valence-electron chi connectivity index (χ4n) is 1.48. The van der Waals surface area contributed by atoms with E-state index < -0.39 is 5.97 Å². The maximum absolute atomic E-state index is 11.4. The Balaban J connectivity index is 0.000000686. The Morgan fingerprint density at radius 3 is 2.65 bits per heavy atom. The molecule has 2 aromatic heterocycles. The number of fused-ring (bicyclic) bond motifs is 1. The summed E-state index contributed by atoms with van der Waals surface area (Å²) in [6, 6.07) is 3.74. The van der Waals surface area contributed by atoms with Gasteiger partial charge < -0.3 is 4.74 Å². The maximum atomic E-state index is 11.4. The van der Waals surface area contributed by atoms with E-state index in [1.165, 1.54) is 7.11 Å². The summed E-state index contributed by atoms with van der Waals surface area (Å²) in [6.45, 7) is 5.81. The molecule has 90 valence electrons. The molecule has 0 radical (unpaired) electrons. The Hall–Kier alpha value is -1.97. The van der Waals surface area contributed by atoms with Crippen LogP contribution in [-0.2, 0) is 4.74 Å². The first-order valence-electron chi connectivity index (χ1n) is 5.52. The number of hydrogen-bond donors (Lipinski definition) is 0. The van der Waals surface area contributed by atoms with Gasteiger partial charge >= 0.3 is 5.97 Å². The van der Waals surface area contributed by atoms with Crippen molar-refractivity contribution in [2.24, 2.45) is 0 Å². The molecule has 0 N–H and O–H groups in total. The van der Waals surface area contributed by atoms with E-state index in [1.54, 1.807) is 12.4 Å². The van der Waals surface area contributed by atoms with Crippen LogP contribution in [0.15, 0.2) is 24.5 Å². The number of carbonyl (C=O) groups is 1. The fraction of sp³-hybridized carbons (Fsp3) is 0.308. The molecule has 2 rings (SSSR count). The highest BCUT2D eigenvalue weighted by molar-refractivity contribution is 5.94. The number of esters is 1. The Labute approximate surface area is 101 Å². The Kier molecular flexibility index (Phi) is 4.57. The van der Waals surface area contributed by atoms with Crippen LogP contribution in [-0.4, -0.2) is 23.0 Å². The molecule has 4 nitrogen and oxygen atoms in total. The van der Waals surface area contributed by atoms with E-state index in [2.05, 4.69) is 14.7 Å². The smallest absolute Gasteiger partial charge is 0.356 e. The minimum Gasteiger partial charge on any atom is -0.464 e. The summed E-state index contributed by atoms with van der Waals surface area (Å²) in [4.78, 5) is 19.6. The van der Waals surface area contributed by atoms with E-state index in [0.717, 1.165) is 16.5 Å². The average molecular weight is 232 g/mol. The molecule has 0 atom stereocenters. The summed E-state index contributed by atoms with van der Waals surface area (Å²) in [5, 5.41) is 0.919. The van der Waals surface area contributed by atoms with Gasteiger partial charge in [-0.05, 0) is 19.1 Å². The number of hydrogen-bond acceptors (Lipinski definition) is 4. The Bertz CT molecular complexity index is 524. The van der Waals surface area contributed by atoms with Crippen molar-refractivity contribution in [1.29, 1.82) is 0 Å². The van der Waals surface area contributed by atoms with E-state index in [9.17, 15) is 4.79 Å². The molecule has 0 amide bonds. The van der Waals surface area contributed by atoms with E-state index in [4.69, 9.17) is 0 Å². The average Bonchev–Trinajstić information content (AvgIpc) is 2.41. The Morgan fingerprint density at radius 2 is 2.00 bits per heavy atom. The highest BCUT2D eigenvalue weighted by Gasteiger charge is 2.13. The van der Waals surface area contributed by atoms with Crippen LogP contribution in [0.5, 0.6) is 0 Å². The molecule has 0 unspecified atom stereocenters. The third-order valence-electron chi connectivity index (χ3n) is 2.26. The van der Waals surface area contributed by atoms with E-state index >= 15 is 0 Å². The number of pyridine rings is 2. The number of carbonyl (C=O) groups excluding carboxylic acids is 1. The number of nitrogens with zero attached hydrogens (tertiary/aromatic N) is 2. The lowest BCUT2D eigenvalue weighted by atomic mass is 10.1. The van der Waals surface area contributed by atoms with Gasteiger partial charge in [-0.25, -0.2) is 9.78 Å². The van der Waals surface area contributed by atoms with Gasteiger partial charge in [0.05, 0.1) is 12.6 Å². The number of ether oxygens (including phenoxy) is 1. The molecule has 2 heterocycles. The summed E-state index contributed by atoms with van der Waals surface area (Å²) in [5.74, 6) is -0.431. The summed E-state index contributed by atoms with van der Waals surface area (Å²) >= 11 is 0. The monoisotopic (exact) mass is 232 g/mol. The van der Waals surface area contributed by atoms with Crippen LogP contribution in [0, 0.1) is 6.92 Å². The van der Waals surface area contributed by atoms with Crippen molar-refractivity contribution < 1.29 is 9.53 Å². The molecular formula is C13H16N2O2. The molecule has 0 bridgehead atoms. The zero-order chi connectivity index (χ0) is 12.8. The van der Waals surface area contributed by atoms with Crippen molar-refractivity contribution in [2.45, 2.75) is 20.8 Å². The molecular weight excluding hydrogens is 216 g/mol. The van der Waals surface area contributed by atoms with Crippen LogP contribution < -0.4 is 0 Å². The first kappa shape index (κ1) is 13.1. The lowest BCUT2D eigenvalue weighted by Crippen LogP contribution is -2.07. The molecule has 0 aliphatic heterocycles. The molecule has 17 heavy (non-hydrogen) atoms. The molecule has 0 aliphatic rings. The maximum Gasteiger partial charge on any atom is 0.356 e. The third-order valence-corrected chi connectivity index (χ3v) is 2.26. The van der Waals surface area contributed by atoms with Gasteiger partial charge in [-0.15, -0.1) is 0 Å². The lowest BCUT2D eigenvalue weighted by molar-refractivity contribution is 0.0593. The van der Waals surface area contributed by atoms with E-state index in [0.29, 0.717) is 5.69 Å². The SMILES string of the molecule is CC.COC(=O)c1ncc2cccnc2c1C. The fourth-order valence-corrected chi connectivity index (χ4v) is 1.48. The zero-order valence-corrected chi connectivity index (χ0v) is 10.5. The van der Waals surface area contributed by atoms with Crippen molar-refractivity contribution in [2.75, 3.05) is 7.11 Å². The number of rotatable bonds is 1. The van der Waals surface area contributed by atoms with Gasteiger partial charge in [0, 0.05) is 23.3 Å². The van der Waals surface area contributed by atoms with Crippen LogP contribution in [0.4, 0.5) is 0 Å². The summed E-state index contributed by atoms with van der Waals surface area (Å²) in [5.41, 5.74) is 1.86. The van der Waals surface area contributed by atoms with Gasteiger partial charge in [-0.1, -0.05) is 13.8 Å². The normalized spacial score (nSPS) is 9.41. The summed E-state index contributed by atoms with van der Waals surface area (Å²) < 4.78 is 4.64. The molecule has 0 saturated heterocycles. The predicted octanol–water partition coefficient (Wildman–Crippen LogP) is 2.75. The van der Waals surface area contributed by atoms with Crippen molar-refractivity contribution in [3.05, 3.63) is 35.8 Å². The van der Waals surface area contributed by atoms with Gasteiger partial charge in [0.1, 0.15) is 0 Å². The molecule has 0 saturated carbocycles. The van der Waals surface area contributed by atoms with Crippen LogP contribution in [0.2, 0.25) is 0 Å². The quantitative estimate of drug-likeness (QED) is 0.709. The van der Waals surface area contributed by atoms with E-state index in [1.807, 2.05) is 32.9 Å². The van der Waals surface area contributed by atoms with Crippen molar-refractivity contribution >= 4 is 16.9 Å². The van der Waals surface area contributed by atoms with Crippen molar-refractivity contribution in [3.8, 4) is 0 Å². The number of methoxy groups -OCH3 is 1. The van der Waals surface area contributed by atoms with Gasteiger partial charge in [-0.3, -0.25) is 4.98 Å². The van der Waals surface area contributed by atoms with Crippen LogP contribution in [0.1, 0.15) is 29.9 Å². The van der Waals surface area contributed by atoms with E-state index in [-0.39, 0.29) is 0 Å². The van der Waals surface area contributed by atoms with Crippen LogP contribution in [0.3, 0.4) is 0 Å². The second kappa shape index (κ2) is 5.94. The third kappa shape index (κ3) is 2.58. The molecule has 0 fully saturated rings. The second-order valence-corrected chi connectivity index (χ2v) is 3.16. The van der Waals surface area contributed by atoms with Crippen LogP contribution >= 0.6 is 0 Å². The largest absolute Gasteiger partial charge is 0.464 e. The van der Waals surface area contributed by atoms with Crippen molar-refractivity contribution in [1.82, 2.24) is 9.97 Å². The molecule has 4 heteroatoms. The molecule has 2 aromatic rings. The Morgan fingerprint density at radius 1 is 1.29 bits per heavy atom. The number of aryl methyl sites for hydroxylation is 1. The first-order chi connectivity index (χ1) is 8.24. The molecule has 0 aliphatic carbocycles. The highest BCUT2D eigenvalue weighted by atomic mass is 16.5.